The summed E-state index contributed by atoms with van der Waals surface area (Å²) in [7, 11) is 0. The van der Waals surface area contributed by atoms with Crippen LogP contribution >= 0.6 is 11.8 Å². The quantitative estimate of drug-likeness (QED) is 0.289. The normalized spacial score (nSPS) is 29.3. The second-order valence-corrected chi connectivity index (χ2v) is 5.95. The molecule has 1 rings (SSSR count). The van der Waals surface area contributed by atoms with E-state index in [-0.39, 0.29) is 11.9 Å². The zero-order valence-electron chi connectivity index (χ0n) is 9.49. The average Bonchev–Trinajstić information content (AvgIpc) is 2.66. The van der Waals surface area contributed by atoms with Crippen LogP contribution in [0.3, 0.4) is 0 Å². The molecule has 0 aromatic heterocycles. The predicted molar refractivity (Wildman–Crippen MR) is 65.6 cm³/mol. The summed E-state index contributed by atoms with van der Waals surface area (Å²) < 4.78 is 0.323. The number of nitrogens with zero attached hydrogens (tertiary/aromatic N) is 1. The van der Waals surface area contributed by atoms with Crippen LogP contribution in [0.2, 0.25) is 0 Å². The molecule has 0 bridgehead atoms. The Morgan fingerprint density at radius 2 is 2.47 bits per heavy atom. The van der Waals surface area contributed by atoms with E-state index >= 15 is 0 Å². The SMILES string of the molecule is CCC(NCC1(C)CCCS1)C(N)=NO. The van der Waals surface area contributed by atoms with E-state index in [1.807, 2.05) is 18.7 Å². The van der Waals surface area contributed by atoms with Crippen molar-refractivity contribution in [2.75, 3.05) is 12.3 Å². The van der Waals surface area contributed by atoms with Gasteiger partial charge >= 0.3 is 0 Å². The van der Waals surface area contributed by atoms with Gasteiger partial charge in [-0.15, -0.1) is 0 Å². The van der Waals surface area contributed by atoms with Crippen molar-refractivity contribution in [3.63, 3.8) is 0 Å². The second-order valence-electron chi connectivity index (χ2n) is 4.27. The second kappa shape index (κ2) is 5.61. The number of amidine groups is 1. The minimum Gasteiger partial charge on any atom is -0.409 e. The average molecular weight is 231 g/mol. The molecule has 1 saturated heterocycles. The fourth-order valence-corrected chi connectivity index (χ4v) is 3.10. The molecule has 0 amide bonds. The van der Waals surface area contributed by atoms with Crippen molar-refractivity contribution in [2.24, 2.45) is 10.9 Å². The molecule has 5 heteroatoms. The summed E-state index contributed by atoms with van der Waals surface area (Å²) in [4.78, 5) is 0. The standard InChI is InChI=1S/C10H21N3OS/c1-3-8(9(11)13-14)12-7-10(2)5-4-6-15-10/h8,12,14H,3-7H2,1-2H3,(H2,11,13). The number of thioether (sulfide) groups is 1. The van der Waals surface area contributed by atoms with Gasteiger partial charge in [0, 0.05) is 11.3 Å². The van der Waals surface area contributed by atoms with Gasteiger partial charge in [-0.2, -0.15) is 11.8 Å². The van der Waals surface area contributed by atoms with E-state index in [0.717, 1.165) is 13.0 Å². The maximum atomic E-state index is 8.61. The van der Waals surface area contributed by atoms with Crippen LogP contribution in [-0.4, -0.2) is 34.1 Å². The highest BCUT2D eigenvalue weighted by Gasteiger charge is 2.30. The molecule has 0 aromatic carbocycles. The molecule has 4 N–H and O–H groups in total. The summed E-state index contributed by atoms with van der Waals surface area (Å²) in [6.07, 6.45) is 3.39. The van der Waals surface area contributed by atoms with Gasteiger partial charge < -0.3 is 16.3 Å². The first-order chi connectivity index (χ1) is 7.11. The summed E-state index contributed by atoms with van der Waals surface area (Å²) in [6.45, 7) is 5.23. The van der Waals surface area contributed by atoms with Crippen molar-refractivity contribution in [3.05, 3.63) is 0 Å². The number of hydrogen-bond donors (Lipinski definition) is 3. The van der Waals surface area contributed by atoms with Gasteiger partial charge in [-0.05, 0) is 31.9 Å². The Hall–Kier alpha value is -0.420. The molecular formula is C10H21N3OS. The summed E-state index contributed by atoms with van der Waals surface area (Å²) in [5.74, 6) is 1.53. The van der Waals surface area contributed by atoms with Gasteiger partial charge in [-0.25, -0.2) is 0 Å². The lowest BCUT2D eigenvalue weighted by Crippen LogP contribution is -2.46. The lowest BCUT2D eigenvalue weighted by atomic mass is 10.0. The first-order valence-corrected chi connectivity index (χ1v) is 6.44. The molecule has 0 saturated carbocycles. The number of oxime groups is 1. The molecule has 4 nitrogen and oxygen atoms in total. The first kappa shape index (κ1) is 12.6. The molecule has 88 valence electrons. The van der Waals surface area contributed by atoms with Crippen molar-refractivity contribution in [3.8, 4) is 0 Å². The number of nitrogens with one attached hydrogen (secondary N) is 1. The van der Waals surface area contributed by atoms with Crippen molar-refractivity contribution in [1.29, 1.82) is 0 Å². The van der Waals surface area contributed by atoms with Gasteiger partial charge in [-0.1, -0.05) is 12.1 Å². The van der Waals surface area contributed by atoms with E-state index in [1.165, 1.54) is 18.6 Å². The summed E-state index contributed by atoms with van der Waals surface area (Å²) in [5.41, 5.74) is 5.59. The van der Waals surface area contributed by atoms with E-state index in [0.29, 0.717) is 4.75 Å². The fourth-order valence-electron chi connectivity index (χ4n) is 1.84. The third kappa shape index (κ3) is 3.57. The Morgan fingerprint density at radius 3 is 2.93 bits per heavy atom. The molecule has 1 aliphatic heterocycles. The third-order valence-corrected chi connectivity index (χ3v) is 4.44. The fraction of sp³-hybridized carbons (Fsp3) is 0.900. The maximum absolute atomic E-state index is 8.61. The molecule has 0 spiro atoms. The van der Waals surface area contributed by atoms with Crippen molar-refractivity contribution < 1.29 is 5.21 Å². The molecule has 0 aromatic rings. The van der Waals surface area contributed by atoms with Gasteiger partial charge in [0.05, 0.1) is 6.04 Å². The number of hydrogen-bond acceptors (Lipinski definition) is 4. The predicted octanol–water partition coefficient (Wildman–Crippen LogP) is 1.39. The van der Waals surface area contributed by atoms with Crippen molar-refractivity contribution in [2.45, 2.75) is 43.9 Å². The highest BCUT2D eigenvalue weighted by molar-refractivity contribution is 8.00. The van der Waals surface area contributed by atoms with Gasteiger partial charge in [0.2, 0.25) is 0 Å². The van der Waals surface area contributed by atoms with E-state index in [9.17, 15) is 0 Å². The lowest BCUT2D eigenvalue weighted by Gasteiger charge is -2.26. The Labute approximate surface area is 95.7 Å². The van der Waals surface area contributed by atoms with Crippen LogP contribution in [0.1, 0.15) is 33.1 Å². The molecule has 1 aliphatic rings. The maximum Gasteiger partial charge on any atom is 0.156 e. The number of nitrogens with two attached hydrogens (primary N) is 1. The highest BCUT2D eigenvalue weighted by Crippen LogP contribution is 2.37. The van der Waals surface area contributed by atoms with E-state index < -0.39 is 0 Å². The number of rotatable bonds is 5. The zero-order valence-corrected chi connectivity index (χ0v) is 10.3. The van der Waals surface area contributed by atoms with Gasteiger partial charge in [0.1, 0.15) is 0 Å². The summed E-state index contributed by atoms with van der Waals surface area (Å²) in [5, 5.41) is 15.0. The van der Waals surface area contributed by atoms with Crippen LogP contribution in [0.5, 0.6) is 0 Å². The molecule has 2 unspecified atom stereocenters. The molecule has 2 atom stereocenters. The topological polar surface area (TPSA) is 70.6 Å². The summed E-state index contributed by atoms with van der Waals surface area (Å²) >= 11 is 2.01. The van der Waals surface area contributed by atoms with Gasteiger partial charge in [0.25, 0.3) is 0 Å². The smallest absolute Gasteiger partial charge is 0.156 e. The molecular weight excluding hydrogens is 210 g/mol. The van der Waals surface area contributed by atoms with Crippen LogP contribution in [-0.2, 0) is 0 Å². The van der Waals surface area contributed by atoms with Crippen LogP contribution in [0, 0.1) is 0 Å². The Balaban J connectivity index is 2.40. The molecule has 1 fully saturated rings. The lowest BCUT2D eigenvalue weighted by molar-refractivity contribution is 0.314. The van der Waals surface area contributed by atoms with Crippen molar-refractivity contribution >= 4 is 17.6 Å². The Kier molecular flexibility index (Phi) is 4.73. The highest BCUT2D eigenvalue weighted by atomic mass is 32.2. The zero-order chi connectivity index (χ0) is 11.3. The molecule has 0 radical (unpaired) electrons. The minimum absolute atomic E-state index is 0.00646. The molecule has 15 heavy (non-hydrogen) atoms. The van der Waals surface area contributed by atoms with Crippen LogP contribution in [0.25, 0.3) is 0 Å². The molecule has 0 aliphatic carbocycles. The Morgan fingerprint density at radius 1 is 1.73 bits per heavy atom. The third-order valence-electron chi connectivity index (χ3n) is 2.90. The summed E-state index contributed by atoms with van der Waals surface area (Å²) in [6, 6.07) is -0.00646. The van der Waals surface area contributed by atoms with Crippen LogP contribution < -0.4 is 11.1 Å². The van der Waals surface area contributed by atoms with Gasteiger partial charge in [-0.3, -0.25) is 0 Å². The van der Waals surface area contributed by atoms with Crippen LogP contribution in [0.4, 0.5) is 0 Å². The van der Waals surface area contributed by atoms with E-state index in [1.54, 1.807) is 0 Å². The molecule has 1 heterocycles. The van der Waals surface area contributed by atoms with E-state index in [4.69, 9.17) is 10.9 Å². The van der Waals surface area contributed by atoms with Crippen molar-refractivity contribution in [1.82, 2.24) is 5.32 Å². The van der Waals surface area contributed by atoms with Gasteiger partial charge in [0.15, 0.2) is 5.84 Å². The largest absolute Gasteiger partial charge is 0.409 e. The van der Waals surface area contributed by atoms with Crippen LogP contribution in [0.15, 0.2) is 5.16 Å². The van der Waals surface area contributed by atoms with E-state index in [2.05, 4.69) is 17.4 Å². The minimum atomic E-state index is -0.00646. The Bertz CT molecular complexity index is 227. The monoisotopic (exact) mass is 231 g/mol. The first-order valence-electron chi connectivity index (χ1n) is 5.46.